The van der Waals surface area contributed by atoms with Crippen molar-refractivity contribution in [2.75, 3.05) is 13.1 Å². The monoisotopic (exact) mass is 86.1 g/mol. The van der Waals surface area contributed by atoms with Gasteiger partial charge in [0, 0.05) is 0 Å². The highest BCUT2D eigenvalue weighted by molar-refractivity contribution is 4.76. The molecule has 6 heavy (non-hydrogen) atoms. The van der Waals surface area contributed by atoms with E-state index >= 15 is 0 Å². The number of aliphatic hydroxyl groups is 1. The van der Waals surface area contributed by atoms with E-state index in [2.05, 4.69) is 7.05 Å². The predicted molar refractivity (Wildman–Crippen MR) is 22.9 cm³/mol. The van der Waals surface area contributed by atoms with Gasteiger partial charge in [-0.1, -0.05) is 0 Å². The largest absolute Gasteiger partial charge is 0.455 e. The lowest BCUT2D eigenvalue weighted by molar-refractivity contribution is 0.0311. The Labute approximate surface area is 37.4 Å². The molecular formula is C4H8NO-. The summed E-state index contributed by atoms with van der Waals surface area (Å²) in [4.78, 5) is 1.82. The molecular weight excluding hydrogens is 78.0 g/mol. The Hall–Kier alpha value is -0.0800. The minimum Gasteiger partial charge on any atom is -0.455 e. The molecule has 0 bridgehead atoms. The molecule has 1 aliphatic rings. The van der Waals surface area contributed by atoms with Gasteiger partial charge in [0.1, 0.15) is 0 Å². The van der Waals surface area contributed by atoms with E-state index in [0.29, 0.717) is 0 Å². The molecule has 0 amide bonds. The molecule has 0 aromatic carbocycles. The van der Waals surface area contributed by atoms with Crippen LogP contribution >= 0.6 is 0 Å². The van der Waals surface area contributed by atoms with Crippen LogP contribution in [0.4, 0.5) is 0 Å². The maximum absolute atomic E-state index is 8.54. The van der Waals surface area contributed by atoms with Crippen LogP contribution in [0.15, 0.2) is 0 Å². The maximum atomic E-state index is 8.54. The van der Waals surface area contributed by atoms with Crippen molar-refractivity contribution < 1.29 is 5.11 Å². The van der Waals surface area contributed by atoms with Crippen molar-refractivity contribution in [3.63, 3.8) is 0 Å². The highest BCUT2D eigenvalue weighted by atomic mass is 16.3. The van der Waals surface area contributed by atoms with Gasteiger partial charge in [-0.05, 0) is 13.1 Å². The van der Waals surface area contributed by atoms with E-state index in [9.17, 15) is 0 Å². The molecule has 0 radical (unpaired) electrons. The molecule has 2 nitrogen and oxygen atoms in total. The lowest BCUT2D eigenvalue weighted by Crippen LogP contribution is -2.46. The number of nitrogens with zero attached hydrogens (tertiary/aromatic N) is 1. The van der Waals surface area contributed by atoms with E-state index in [1.54, 1.807) is 0 Å². The third kappa shape index (κ3) is 0.533. The van der Waals surface area contributed by atoms with Gasteiger partial charge in [-0.25, -0.2) is 0 Å². The Morgan fingerprint density at radius 1 is 1.67 bits per heavy atom. The molecule has 1 fully saturated rings. The van der Waals surface area contributed by atoms with Crippen LogP contribution in [-0.4, -0.2) is 29.2 Å². The fourth-order valence-electron chi connectivity index (χ4n) is 0.543. The van der Waals surface area contributed by atoms with E-state index in [1.165, 1.54) is 0 Å². The van der Waals surface area contributed by atoms with Gasteiger partial charge in [0.2, 0.25) is 0 Å². The summed E-state index contributed by atoms with van der Waals surface area (Å²) in [7, 11) is 3.57. The molecule has 0 atom stereocenters. The zero-order valence-corrected chi connectivity index (χ0v) is 3.59. The molecule has 0 aromatic rings. The SMILES string of the molecule is [CH2-]N1CC(O)C1. The van der Waals surface area contributed by atoms with Crippen LogP contribution in [-0.2, 0) is 0 Å². The lowest BCUT2D eigenvalue weighted by Gasteiger charge is -2.39. The number of hydrogen-bond donors (Lipinski definition) is 1. The minimum atomic E-state index is -0.0949. The van der Waals surface area contributed by atoms with Crippen molar-refractivity contribution in [2.24, 2.45) is 0 Å². The highest BCUT2D eigenvalue weighted by Gasteiger charge is 2.13. The zero-order valence-electron chi connectivity index (χ0n) is 3.59. The van der Waals surface area contributed by atoms with E-state index in [4.69, 9.17) is 5.11 Å². The number of hydrogen-bond acceptors (Lipinski definition) is 2. The predicted octanol–water partition coefficient (Wildman–Crippen LogP) is -0.546. The molecule has 36 valence electrons. The Morgan fingerprint density at radius 2 is 2.17 bits per heavy atom. The van der Waals surface area contributed by atoms with Gasteiger partial charge in [-0.3, -0.25) is 7.05 Å². The number of likely N-dealkylation sites (tertiary alicyclic amines) is 1. The number of β-amino-alcohol motifs (C(OH)–C–C–N with tert-alkyl or cyclic N) is 1. The number of aliphatic hydroxyl groups excluding tert-OH is 1. The van der Waals surface area contributed by atoms with Crippen LogP contribution in [0.1, 0.15) is 0 Å². The molecule has 1 rings (SSSR count). The van der Waals surface area contributed by atoms with E-state index in [0.717, 1.165) is 13.1 Å². The Bertz CT molecular complexity index is 43.5. The van der Waals surface area contributed by atoms with Gasteiger partial charge < -0.3 is 10.0 Å². The molecule has 1 N–H and O–H groups in total. The molecule has 0 spiro atoms. The van der Waals surface area contributed by atoms with Crippen LogP contribution in [0.25, 0.3) is 0 Å². The van der Waals surface area contributed by atoms with Crippen molar-refractivity contribution in [3.05, 3.63) is 7.05 Å². The summed E-state index contributed by atoms with van der Waals surface area (Å²) in [6.07, 6.45) is -0.0949. The second-order valence-corrected chi connectivity index (χ2v) is 1.69. The average molecular weight is 86.1 g/mol. The van der Waals surface area contributed by atoms with Crippen molar-refractivity contribution in [1.29, 1.82) is 0 Å². The summed E-state index contributed by atoms with van der Waals surface area (Å²) < 4.78 is 0. The van der Waals surface area contributed by atoms with Crippen molar-refractivity contribution >= 4 is 0 Å². The van der Waals surface area contributed by atoms with Crippen LogP contribution in [0.3, 0.4) is 0 Å². The molecule has 0 unspecified atom stereocenters. The minimum absolute atomic E-state index is 0.0949. The summed E-state index contributed by atoms with van der Waals surface area (Å²) in [6, 6.07) is 0. The first-order chi connectivity index (χ1) is 2.79. The van der Waals surface area contributed by atoms with Crippen molar-refractivity contribution in [3.8, 4) is 0 Å². The quantitative estimate of drug-likeness (QED) is 0.400. The average Bonchev–Trinajstić information content (AvgIpc) is 1.33. The molecule has 2 heteroatoms. The van der Waals surface area contributed by atoms with Crippen LogP contribution < -0.4 is 0 Å². The molecule has 1 aliphatic heterocycles. The molecule has 0 aliphatic carbocycles. The normalized spacial score (nSPS) is 27.0. The maximum Gasteiger partial charge on any atom is 0.0745 e. The fourth-order valence-corrected chi connectivity index (χ4v) is 0.543. The summed E-state index contributed by atoms with van der Waals surface area (Å²) in [5.74, 6) is 0. The summed E-state index contributed by atoms with van der Waals surface area (Å²) >= 11 is 0. The lowest BCUT2D eigenvalue weighted by atomic mass is 10.2. The summed E-state index contributed by atoms with van der Waals surface area (Å²) in [5, 5.41) is 8.54. The van der Waals surface area contributed by atoms with Crippen LogP contribution in [0, 0.1) is 7.05 Å². The van der Waals surface area contributed by atoms with Gasteiger partial charge in [-0.15, -0.1) is 0 Å². The number of rotatable bonds is 0. The van der Waals surface area contributed by atoms with Crippen molar-refractivity contribution in [2.45, 2.75) is 6.10 Å². The van der Waals surface area contributed by atoms with Gasteiger partial charge in [0.25, 0.3) is 0 Å². The van der Waals surface area contributed by atoms with Gasteiger partial charge >= 0.3 is 0 Å². The molecule has 0 saturated carbocycles. The smallest absolute Gasteiger partial charge is 0.0745 e. The third-order valence-electron chi connectivity index (χ3n) is 0.938. The third-order valence-corrected chi connectivity index (χ3v) is 0.938. The first-order valence-corrected chi connectivity index (χ1v) is 2.02. The highest BCUT2D eigenvalue weighted by Crippen LogP contribution is 2.02. The summed E-state index contributed by atoms with van der Waals surface area (Å²) in [5.41, 5.74) is 0. The Kier molecular flexibility index (Phi) is 0.821. The van der Waals surface area contributed by atoms with Crippen molar-refractivity contribution in [1.82, 2.24) is 4.90 Å². The second kappa shape index (κ2) is 1.21. The van der Waals surface area contributed by atoms with Gasteiger partial charge in [0.05, 0.1) is 6.10 Å². The van der Waals surface area contributed by atoms with E-state index < -0.39 is 0 Å². The molecule has 0 aromatic heterocycles. The zero-order chi connectivity index (χ0) is 4.57. The Balaban J connectivity index is 2.11. The second-order valence-electron chi connectivity index (χ2n) is 1.69. The van der Waals surface area contributed by atoms with Crippen LogP contribution in [0.5, 0.6) is 0 Å². The van der Waals surface area contributed by atoms with Gasteiger partial charge in [-0.2, -0.15) is 0 Å². The molecule has 1 heterocycles. The first-order valence-electron chi connectivity index (χ1n) is 2.02. The van der Waals surface area contributed by atoms with E-state index in [1.807, 2.05) is 4.90 Å². The Morgan fingerprint density at radius 3 is 2.17 bits per heavy atom. The van der Waals surface area contributed by atoms with E-state index in [-0.39, 0.29) is 6.10 Å². The van der Waals surface area contributed by atoms with Gasteiger partial charge in [0.15, 0.2) is 0 Å². The topological polar surface area (TPSA) is 23.5 Å². The fraction of sp³-hybridized carbons (Fsp3) is 0.750. The van der Waals surface area contributed by atoms with Crippen LogP contribution in [0.2, 0.25) is 0 Å². The standard InChI is InChI=1S/C4H8NO/c1-5-2-4(6)3-5/h4,6H,1-3H2/q-1. The molecule has 1 saturated heterocycles. The summed E-state index contributed by atoms with van der Waals surface area (Å²) in [6.45, 7) is 1.50. The first kappa shape index (κ1) is 4.09.